The Balaban J connectivity index is 1.98. The summed E-state index contributed by atoms with van der Waals surface area (Å²) in [5.74, 6) is -0.852. The normalized spacial score (nSPS) is 11.0. The van der Waals surface area contributed by atoms with Gasteiger partial charge in [-0.1, -0.05) is 92.2 Å². The van der Waals surface area contributed by atoms with E-state index in [0.717, 1.165) is 41.3 Å². The second-order valence-corrected chi connectivity index (χ2v) is 7.78. The van der Waals surface area contributed by atoms with Crippen molar-refractivity contribution in [3.63, 3.8) is 0 Å². The Kier molecular flexibility index (Phi) is 5.94. The maximum atomic E-state index is 12.3. The molecule has 0 fully saturated rings. The molecule has 0 saturated carbocycles. The predicted octanol–water partition coefficient (Wildman–Crippen LogP) is 6.67. The average Bonchev–Trinajstić information content (AvgIpc) is 2.76. The van der Waals surface area contributed by atoms with Gasteiger partial charge >= 0.3 is 5.97 Å². The molecule has 0 aliphatic heterocycles. The highest BCUT2D eigenvalue weighted by Crippen LogP contribution is 2.33. The molecular weight excluding hydrogens is 368 g/mol. The molecule has 4 aromatic carbocycles. The molecule has 150 valence electrons. The second kappa shape index (κ2) is 8.96. The van der Waals surface area contributed by atoms with Crippen LogP contribution >= 0.6 is 0 Å². The minimum atomic E-state index is -0.852. The quantitative estimate of drug-likeness (QED) is 0.380. The summed E-state index contributed by atoms with van der Waals surface area (Å²) in [4.78, 5) is 12.3. The van der Waals surface area contributed by atoms with Crippen LogP contribution in [-0.4, -0.2) is 11.1 Å². The lowest BCUT2D eigenvalue weighted by atomic mass is 9.86. The van der Waals surface area contributed by atoms with Crippen LogP contribution in [-0.2, 0) is 19.3 Å². The summed E-state index contributed by atoms with van der Waals surface area (Å²) in [7, 11) is 0. The molecule has 0 spiro atoms. The van der Waals surface area contributed by atoms with Gasteiger partial charge in [0.15, 0.2) is 0 Å². The highest BCUT2D eigenvalue weighted by molar-refractivity contribution is 6.01. The Bertz CT molecular complexity index is 1160. The first kappa shape index (κ1) is 19.9. The van der Waals surface area contributed by atoms with Gasteiger partial charge in [-0.3, -0.25) is 0 Å². The van der Waals surface area contributed by atoms with Gasteiger partial charge in [0.25, 0.3) is 0 Å². The van der Waals surface area contributed by atoms with Gasteiger partial charge in [-0.15, -0.1) is 0 Å². The largest absolute Gasteiger partial charge is 0.478 e. The van der Waals surface area contributed by atoms with Crippen LogP contribution < -0.4 is 0 Å². The molecule has 0 aliphatic rings. The molecule has 0 amide bonds. The molecule has 0 radical (unpaired) electrons. The minimum absolute atomic E-state index is 0.426. The summed E-state index contributed by atoms with van der Waals surface area (Å²) < 4.78 is 0. The fourth-order valence-corrected chi connectivity index (χ4v) is 4.31. The number of carbonyl (C=O) groups is 1. The van der Waals surface area contributed by atoms with E-state index in [1.165, 1.54) is 16.5 Å². The van der Waals surface area contributed by atoms with E-state index in [-0.39, 0.29) is 0 Å². The maximum absolute atomic E-state index is 12.3. The SMILES string of the molecule is CCCc1cc(C(=O)O)c(Cc2ccccc2)c2c(Cc3ccccc3)cccc12. The number of rotatable bonds is 7. The molecular formula is C28H26O2. The van der Waals surface area contributed by atoms with Crippen molar-refractivity contribution >= 4 is 16.7 Å². The van der Waals surface area contributed by atoms with Gasteiger partial charge in [-0.05, 0) is 63.9 Å². The van der Waals surface area contributed by atoms with E-state index in [1.807, 2.05) is 30.3 Å². The molecule has 4 aromatic rings. The Morgan fingerprint density at radius 2 is 1.40 bits per heavy atom. The van der Waals surface area contributed by atoms with Crippen LogP contribution in [0, 0.1) is 0 Å². The van der Waals surface area contributed by atoms with Crippen LogP contribution in [0.4, 0.5) is 0 Å². The summed E-state index contributed by atoms with van der Waals surface area (Å²) >= 11 is 0. The standard InChI is InChI=1S/C28H26O2/c1-2-10-22-19-26(28(29)30)25(18-21-13-7-4-8-14-21)27-23(15-9-16-24(22)27)17-20-11-5-3-6-12-20/h3-9,11-16,19H,2,10,17-18H2,1H3,(H,29,30). The van der Waals surface area contributed by atoms with Crippen LogP contribution in [0.3, 0.4) is 0 Å². The Labute approximate surface area is 177 Å². The van der Waals surface area contributed by atoms with Crippen molar-refractivity contribution in [3.8, 4) is 0 Å². The van der Waals surface area contributed by atoms with Gasteiger partial charge in [-0.25, -0.2) is 4.79 Å². The molecule has 0 heterocycles. The van der Waals surface area contributed by atoms with Crippen molar-refractivity contribution in [3.05, 3.63) is 118 Å². The van der Waals surface area contributed by atoms with Gasteiger partial charge in [0, 0.05) is 0 Å². The van der Waals surface area contributed by atoms with Crippen molar-refractivity contribution < 1.29 is 9.90 Å². The molecule has 0 unspecified atom stereocenters. The zero-order valence-electron chi connectivity index (χ0n) is 17.3. The van der Waals surface area contributed by atoms with E-state index < -0.39 is 5.97 Å². The molecule has 1 N–H and O–H groups in total. The lowest BCUT2D eigenvalue weighted by Crippen LogP contribution is -2.08. The first-order valence-electron chi connectivity index (χ1n) is 10.5. The molecule has 0 aromatic heterocycles. The van der Waals surface area contributed by atoms with E-state index in [1.54, 1.807) is 0 Å². The summed E-state index contributed by atoms with van der Waals surface area (Å²) in [5, 5.41) is 12.4. The predicted molar refractivity (Wildman–Crippen MR) is 123 cm³/mol. The number of benzene rings is 4. The van der Waals surface area contributed by atoms with E-state index in [2.05, 4.69) is 61.5 Å². The van der Waals surface area contributed by atoms with Gasteiger partial charge in [0.2, 0.25) is 0 Å². The summed E-state index contributed by atoms with van der Waals surface area (Å²) in [5.41, 5.74) is 6.00. The Hall–Kier alpha value is -3.39. The Morgan fingerprint density at radius 3 is 2.00 bits per heavy atom. The van der Waals surface area contributed by atoms with E-state index >= 15 is 0 Å². The number of carboxylic acid groups (broad SMARTS) is 1. The summed E-state index contributed by atoms with van der Waals surface area (Å²) in [6, 6.07) is 28.8. The number of carboxylic acids is 1. The number of aromatic carboxylic acids is 1. The summed E-state index contributed by atoms with van der Waals surface area (Å²) in [6.45, 7) is 2.14. The van der Waals surface area contributed by atoms with Gasteiger partial charge in [0.05, 0.1) is 5.56 Å². The third-order valence-electron chi connectivity index (χ3n) is 5.65. The topological polar surface area (TPSA) is 37.3 Å². The van der Waals surface area contributed by atoms with Crippen molar-refractivity contribution in [2.75, 3.05) is 0 Å². The lowest BCUT2D eigenvalue weighted by Gasteiger charge is -2.18. The van der Waals surface area contributed by atoms with Crippen LogP contribution in [0.15, 0.2) is 84.9 Å². The zero-order chi connectivity index (χ0) is 20.9. The van der Waals surface area contributed by atoms with Crippen LogP contribution in [0.2, 0.25) is 0 Å². The number of aryl methyl sites for hydroxylation is 1. The van der Waals surface area contributed by atoms with E-state index in [4.69, 9.17) is 0 Å². The average molecular weight is 395 g/mol. The van der Waals surface area contributed by atoms with Gasteiger partial charge in [-0.2, -0.15) is 0 Å². The van der Waals surface area contributed by atoms with Crippen LogP contribution in [0.5, 0.6) is 0 Å². The third kappa shape index (κ3) is 4.13. The molecule has 4 rings (SSSR count). The molecule has 2 heteroatoms. The molecule has 0 saturated heterocycles. The lowest BCUT2D eigenvalue weighted by molar-refractivity contribution is 0.0696. The fraction of sp³-hybridized carbons (Fsp3) is 0.179. The monoisotopic (exact) mass is 394 g/mol. The molecule has 0 atom stereocenters. The van der Waals surface area contributed by atoms with Crippen molar-refractivity contribution in [2.45, 2.75) is 32.6 Å². The van der Waals surface area contributed by atoms with Gasteiger partial charge in [0.1, 0.15) is 0 Å². The van der Waals surface area contributed by atoms with Crippen molar-refractivity contribution in [1.29, 1.82) is 0 Å². The first-order valence-corrected chi connectivity index (χ1v) is 10.5. The molecule has 30 heavy (non-hydrogen) atoms. The van der Waals surface area contributed by atoms with Crippen LogP contribution in [0.25, 0.3) is 10.8 Å². The number of hydrogen-bond donors (Lipinski definition) is 1. The number of hydrogen-bond acceptors (Lipinski definition) is 1. The number of fused-ring (bicyclic) bond motifs is 1. The summed E-state index contributed by atoms with van der Waals surface area (Å²) in [6.07, 6.45) is 3.25. The first-order chi connectivity index (χ1) is 14.7. The van der Waals surface area contributed by atoms with Gasteiger partial charge < -0.3 is 5.11 Å². The van der Waals surface area contributed by atoms with E-state index in [9.17, 15) is 9.90 Å². The zero-order valence-corrected chi connectivity index (χ0v) is 17.3. The maximum Gasteiger partial charge on any atom is 0.336 e. The molecule has 0 aliphatic carbocycles. The molecule has 0 bridgehead atoms. The van der Waals surface area contributed by atoms with E-state index in [0.29, 0.717) is 12.0 Å². The second-order valence-electron chi connectivity index (χ2n) is 7.78. The van der Waals surface area contributed by atoms with Crippen molar-refractivity contribution in [1.82, 2.24) is 0 Å². The highest BCUT2D eigenvalue weighted by atomic mass is 16.4. The minimum Gasteiger partial charge on any atom is -0.478 e. The highest BCUT2D eigenvalue weighted by Gasteiger charge is 2.19. The Morgan fingerprint density at radius 1 is 0.767 bits per heavy atom. The van der Waals surface area contributed by atoms with Crippen molar-refractivity contribution in [2.24, 2.45) is 0 Å². The molecule has 2 nitrogen and oxygen atoms in total. The fourth-order valence-electron chi connectivity index (χ4n) is 4.31. The van der Waals surface area contributed by atoms with Crippen LogP contribution in [0.1, 0.15) is 51.5 Å². The smallest absolute Gasteiger partial charge is 0.336 e. The third-order valence-corrected chi connectivity index (χ3v) is 5.65.